The molecule has 0 aromatic heterocycles. The molecule has 126 valence electrons. The van der Waals surface area contributed by atoms with Crippen LogP contribution in [0.1, 0.15) is 11.1 Å². The molecule has 0 unspecified atom stereocenters. The van der Waals surface area contributed by atoms with Gasteiger partial charge in [-0.25, -0.2) is 4.83 Å². The third-order valence-electron chi connectivity index (χ3n) is 3.05. The molecule has 2 aromatic carbocycles. The number of nitro groups is 1. The number of aryl methyl sites for hydroxylation is 1. The standard InChI is InChI=1S/C14H11Cl2N3O4S/c1-9-5-6-10(7-14(9)19(20)21)24(22,23)18-17-8-11-12(15)3-2-4-13(11)16/h2-8,18H,1H3/b17-8-. The molecule has 0 fully saturated rings. The molecule has 0 saturated carbocycles. The second-order valence-corrected chi connectivity index (χ2v) is 7.17. The Bertz CT molecular complexity index is 909. The number of sulfonamides is 1. The summed E-state index contributed by atoms with van der Waals surface area (Å²) in [6.45, 7) is 1.51. The fraction of sp³-hybridized carbons (Fsp3) is 0.0714. The van der Waals surface area contributed by atoms with Crippen molar-refractivity contribution >= 4 is 45.1 Å². The molecule has 0 aliphatic rings. The van der Waals surface area contributed by atoms with E-state index in [1.165, 1.54) is 19.1 Å². The van der Waals surface area contributed by atoms with Crippen molar-refractivity contribution in [2.75, 3.05) is 0 Å². The number of rotatable bonds is 5. The Hall–Kier alpha value is -2.16. The lowest BCUT2D eigenvalue weighted by molar-refractivity contribution is -0.385. The zero-order chi connectivity index (χ0) is 17.9. The fourth-order valence-electron chi connectivity index (χ4n) is 1.80. The molecule has 2 aromatic rings. The van der Waals surface area contributed by atoms with Crippen molar-refractivity contribution in [1.82, 2.24) is 4.83 Å². The topological polar surface area (TPSA) is 102 Å². The maximum Gasteiger partial charge on any atom is 0.276 e. The lowest BCUT2D eigenvalue weighted by Gasteiger charge is -2.05. The highest BCUT2D eigenvalue weighted by Gasteiger charge is 2.19. The van der Waals surface area contributed by atoms with Crippen molar-refractivity contribution < 1.29 is 13.3 Å². The van der Waals surface area contributed by atoms with E-state index in [1.807, 2.05) is 4.83 Å². The molecule has 0 saturated heterocycles. The van der Waals surface area contributed by atoms with E-state index in [0.717, 1.165) is 12.3 Å². The molecule has 0 heterocycles. The summed E-state index contributed by atoms with van der Waals surface area (Å²) in [5.41, 5.74) is 0.403. The summed E-state index contributed by atoms with van der Waals surface area (Å²) in [6, 6.07) is 8.36. The summed E-state index contributed by atoms with van der Waals surface area (Å²) in [5, 5.41) is 15.1. The number of nitrogens with one attached hydrogen (secondary N) is 1. The van der Waals surface area contributed by atoms with Gasteiger partial charge >= 0.3 is 0 Å². The van der Waals surface area contributed by atoms with Crippen LogP contribution in [-0.2, 0) is 10.0 Å². The summed E-state index contributed by atoms with van der Waals surface area (Å²) in [4.78, 5) is 11.9. The number of hydrazone groups is 1. The van der Waals surface area contributed by atoms with E-state index in [2.05, 4.69) is 5.10 Å². The zero-order valence-electron chi connectivity index (χ0n) is 12.2. The molecule has 0 bridgehead atoms. The maximum atomic E-state index is 12.2. The molecule has 10 heteroatoms. The van der Waals surface area contributed by atoms with Crippen LogP contribution in [0.4, 0.5) is 5.69 Å². The minimum atomic E-state index is -4.07. The van der Waals surface area contributed by atoms with Crippen molar-refractivity contribution in [2.45, 2.75) is 11.8 Å². The number of halogens is 2. The number of benzene rings is 2. The third kappa shape index (κ3) is 4.02. The van der Waals surface area contributed by atoms with E-state index in [9.17, 15) is 18.5 Å². The molecule has 1 N–H and O–H groups in total. The van der Waals surface area contributed by atoms with Crippen LogP contribution >= 0.6 is 23.2 Å². The van der Waals surface area contributed by atoms with Crippen LogP contribution in [0.5, 0.6) is 0 Å². The molecule has 0 spiro atoms. The molecule has 0 amide bonds. The first kappa shape index (κ1) is 18.2. The van der Waals surface area contributed by atoms with Crippen LogP contribution in [-0.4, -0.2) is 19.6 Å². The molecule has 0 aliphatic carbocycles. The van der Waals surface area contributed by atoms with Gasteiger partial charge in [-0.15, -0.1) is 0 Å². The Morgan fingerprint density at radius 2 is 1.83 bits per heavy atom. The Kier molecular flexibility index (Phi) is 5.43. The molecule has 0 atom stereocenters. The molecular weight excluding hydrogens is 377 g/mol. The summed E-state index contributed by atoms with van der Waals surface area (Å²) in [6.07, 6.45) is 1.16. The van der Waals surface area contributed by atoms with Gasteiger partial charge in [0.05, 0.1) is 26.1 Å². The van der Waals surface area contributed by atoms with Crippen LogP contribution in [0.2, 0.25) is 10.0 Å². The van der Waals surface area contributed by atoms with Crippen LogP contribution < -0.4 is 4.83 Å². The summed E-state index contributed by atoms with van der Waals surface area (Å²) >= 11 is 11.9. The van der Waals surface area contributed by atoms with Gasteiger partial charge in [-0.3, -0.25) is 10.1 Å². The molecule has 0 aliphatic heterocycles. The Labute approximate surface area is 148 Å². The highest BCUT2D eigenvalue weighted by Crippen LogP contribution is 2.23. The van der Waals surface area contributed by atoms with Gasteiger partial charge in [-0.05, 0) is 25.1 Å². The first-order valence-electron chi connectivity index (χ1n) is 6.46. The van der Waals surface area contributed by atoms with Crippen LogP contribution in [0.3, 0.4) is 0 Å². The zero-order valence-corrected chi connectivity index (χ0v) is 14.6. The average molecular weight is 388 g/mol. The van der Waals surface area contributed by atoms with E-state index in [1.54, 1.807) is 18.2 Å². The summed E-state index contributed by atoms with van der Waals surface area (Å²) in [5.74, 6) is 0. The summed E-state index contributed by atoms with van der Waals surface area (Å²) < 4.78 is 24.3. The van der Waals surface area contributed by atoms with Gasteiger partial charge in [-0.1, -0.05) is 35.3 Å². The van der Waals surface area contributed by atoms with Crippen LogP contribution in [0, 0.1) is 17.0 Å². The predicted molar refractivity (Wildman–Crippen MR) is 92.2 cm³/mol. The van der Waals surface area contributed by atoms with Crippen molar-refractivity contribution in [1.29, 1.82) is 0 Å². The van der Waals surface area contributed by atoms with Gasteiger partial charge in [0.2, 0.25) is 0 Å². The highest BCUT2D eigenvalue weighted by atomic mass is 35.5. The lowest BCUT2D eigenvalue weighted by atomic mass is 10.2. The van der Waals surface area contributed by atoms with Crippen molar-refractivity contribution in [2.24, 2.45) is 5.10 Å². The van der Waals surface area contributed by atoms with E-state index in [-0.39, 0.29) is 10.6 Å². The molecule has 24 heavy (non-hydrogen) atoms. The van der Waals surface area contributed by atoms with Crippen molar-refractivity contribution in [3.05, 3.63) is 67.7 Å². The Morgan fingerprint density at radius 3 is 2.42 bits per heavy atom. The Balaban J connectivity index is 2.28. The lowest BCUT2D eigenvalue weighted by Crippen LogP contribution is -2.18. The SMILES string of the molecule is Cc1ccc(S(=O)(=O)N/N=C\c2c(Cl)cccc2Cl)cc1[N+](=O)[O-]. The third-order valence-corrected chi connectivity index (χ3v) is 4.93. The monoisotopic (exact) mass is 387 g/mol. The maximum absolute atomic E-state index is 12.2. The van der Waals surface area contributed by atoms with Crippen molar-refractivity contribution in [3.63, 3.8) is 0 Å². The van der Waals surface area contributed by atoms with Crippen LogP contribution in [0.25, 0.3) is 0 Å². The second-order valence-electron chi connectivity index (χ2n) is 4.69. The van der Waals surface area contributed by atoms with E-state index < -0.39 is 14.9 Å². The molecule has 7 nitrogen and oxygen atoms in total. The molecular formula is C14H11Cl2N3O4S. The second kappa shape index (κ2) is 7.16. The smallest absolute Gasteiger partial charge is 0.258 e. The molecule has 2 rings (SSSR count). The van der Waals surface area contributed by atoms with Gasteiger partial charge in [-0.2, -0.15) is 13.5 Å². The minimum absolute atomic E-state index is 0.276. The van der Waals surface area contributed by atoms with Gasteiger partial charge in [0.25, 0.3) is 15.7 Å². The van der Waals surface area contributed by atoms with E-state index in [4.69, 9.17) is 23.2 Å². The number of nitrogens with zero attached hydrogens (tertiary/aromatic N) is 2. The number of hydrogen-bond acceptors (Lipinski definition) is 5. The molecule has 0 radical (unpaired) electrons. The van der Waals surface area contributed by atoms with Crippen LogP contribution in [0.15, 0.2) is 46.4 Å². The van der Waals surface area contributed by atoms with Gasteiger partial charge in [0, 0.05) is 17.2 Å². The fourth-order valence-corrected chi connectivity index (χ4v) is 3.11. The normalized spacial score (nSPS) is 11.6. The largest absolute Gasteiger partial charge is 0.276 e. The highest BCUT2D eigenvalue weighted by molar-refractivity contribution is 7.89. The number of nitro benzene ring substituents is 1. The van der Waals surface area contributed by atoms with Gasteiger partial charge in [0.1, 0.15) is 0 Å². The number of hydrogen-bond donors (Lipinski definition) is 1. The van der Waals surface area contributed by atoms with E-state index >= 15 is 0 Å². The quantitative estimate of drug-likeness (QED) is 0.481. The average Bonchev–Trinajstić information content (AvgIpc) is 2.50. The summed E-state index contributed by atoms with van der Waals surface area (Å²) in [7, 11) is -4.07. The predicted octanol–water partition coefficient (Wildman–Crippen LogP) is 3.52. The minimum Gasteiger partial charge on any atom is -0.258 e. The van der Waals surface area contributed by atoms with Gasteiger partial charge in [0.15, 0.2) is 0 Å². The van der Waals surface area contributed by atoms with Gasteiger partial charge < -0.3 is 0 Å². The first-order valence-corrected chi connectivity index (χ1v) is 8.70. The van der Waals surface area contributed by atoms with E-state index in [0.29, 0.717) is 21.2 Å². The van der Waals surface area contributed by atoms with Crippen molar-refractivity contribution in [3.8, 4) is 0 Å². The Morgan fingerprint density at radius 1 is 1.21 bits per heavy atom. The first-order chi connectivity index (χ1) is 11.2.